The van der Waals surface area contributed by atoms with Gasteiger partial charge in [-0.1, -0.05) is 26.0 Å². The molecule has 0 unspecified atom stereocenters. The molecule has 0 heterocycles. The smallest absolute Gasteiger partial charge is 0.139 e. The minimum atomic E-state index is 0.0144. The molecule has 4 fully saturated rings. The van der Waals surface area contributed by atoms with Crippen molar-refractivity contribution in [3.63, 3.8) is 0 Å². The van der Waals surface area contributed by atoms with Crippen LogP contribution in [-0.2, 0) is 4.79 Å². The van der Waals surface area contributed by atoms with E-state index in [0.29, 0.717) is 29.0 Å². The average Bonchev–Trinajstić information content (AvgIpc) is 2.88. The Morgan fingerprint density at radius 2 is 1.75 bits per heavy atom. The lowest BCUT2D eigenvalue weighted by atomic mass is 9.43. The largest absolute Gasteiger partial charge is 0.299 e. The summed E-state index contributed by atoms with van der Waals surface area (Å²) in [6.07, 6.45) is 14.1. The topological polar surface area (TPSA) is 17.1 Å². The van der Waals surface area contributed by atoms with Gasteiger partial charge in [-0.05, 0) is 85.9 Å². The number of carbonyl (C=O) groups is 1. The van der Waals surface area contributed by atoms with Gasteiger partial charge in [-0.15, -0.1) is 13.2 Å². The molecule has 132 valence electrons. The summed E-state index contributed by atoms with van der Waals surface area (Å²) in [7, 11) is 0. The van der Waals surface area contributed by atoms with Crippen molar-refractivity contribution in [3.05, 3.63) is 25.3 Å². The first-order valence-corrected chi connectivity index (χ1v) is 10.2. The van der Waals surface area contributed by atoms with Crippen molar-refractivity contribution in [1.82, 2.24) is 0 Å². The highest BCUT2D eigenvalue weighted by molar-refractivity contribution is 5.87. The van der Waals surface area contributed by atoms with Crippen LogP contribution >= 0.6 is 0 Å². The van der Waals surface area contributed by atoms with E-state index in [4.69, 9.17) is 0 Å². The van der Waals surface area contributed by atoms with Crippen LogP contribution in [0.25, 0.3) is 0 Å². The Morgan fingerprint density at radius 3 is 2.46 bits per heavy atom. The molecular weight excluding hydrogens is 292 g/mol. The number of rotatable bonds is 2. The Balaban J connectivity index is 1.64. The second-order valence-corrected chi connectivity index (χ2v) is 9.81. The standard InChI is InChI=1S/C23H34O/c1-5-15-13-17-7-8-18-19-9-10-21(24)22(19,3)12-11-20(18)23(17,4)14-16(15)6-2/h5-6,15-20H,1-2,7-14H2,3-4H3/t15-,16-,17+,18+,19+,20+,22+,23+/m1/s1. The van der Waals surface area contributed by atoms with E-state index in [0.717, 1.165) is 37.0 Å². The van der Waals surface area contributed by atoms with E-state index < -0.39 is 0 Å². The second kappa shape index (κ2) is 5.58. The van der Waals surface area contributed by atoms with Gasteiger partial charge >= 0.3 is 0 Å². The van der Waals surface area contributed by atoms with E-state index in [1.807, 2.05) is 0 Å². The lowest BCUT2D eigenvalue weighted by molar-refractivity contribution is -0.141. The molecule has 1 heteroatoms. The third-order valence-electron chi connectivity index (χ3n) is 9.16. The molecule has 0 aliphatic heterocycles. The predicted molar refractivity (Wildman–Crippen MR) is 99.5 cm³/mol. The molecule has 24 heavy (non-hydrogen) atoms. The highest BCUT2D eigenvalue weighted by Gasteiger charge is 2.60. The number of fused-ring (bicyclic) bond motifs is 5. The van der Waals surface area contributed by atoms with E-state index >= 15 is 0 Å². The van der Waals surface area contributed by atoms with Gasteiger partial charge in [0.2, 0.25) is 0 Å². The molecule has 4 aliphatic rings. The summed E-state index contributed by atoms with van der Waals surface area (Å²) < 4.78 is 0. The summed E-state index contributed by atoms with van der Waals surface area (Å²) >= 11 is 0. The van der Waals surface area contributed by atoms with E-state index in [1.165, 1.54) is 32.1 Å². The molecule has 1 nitrogen and oxygen atoms in total. The van der Waals surface area contributed by atoms with Crippen LogP contribution in [0.2, 0.25) is 0 Å². The SMILES string of the molecule is C=C[C@@H]1C[C@@H]2CC[C@@H]3[C@H](CC[C@]4(C)C(=O)CC[C@@H]34)[C@@]2(C)C[C@H]1C=C. The molecule has 0 radical (unpaired) electrons. The molecule has 0 aromatic rings. The number of hydrogen-bond donors (Lipinski definition) is 0. The molecular formula is C23H34O. The Kier molecular flexibility index (Phi) is 3.86. The van der Waals surface area contributed by atoms with E-state index in [9.17, 15) is 4.79 Å². The molecule has 0 saturated heterocycles. The Labute approximate surface area is 148 Å². The molecule has 0 spiro atoms. The molecule has 0 N–H and O–H groups in total. The van der Waals surface area contributed by atoms with Crippen LogP contribution in [0.1, 0.15) is 65.2 Å². The van der Waals surface area contributed by atoms with E-state index in [-0.39, 0.29) is 5.41 Å². The van der Waals surface area contributed by atoms with Crippen LogP contribution in [0.5, 0.6) is 0 Å². The Morgan fingerprint density at radius 1 is 1.00 bits per heavy atom. The summed E-state index contributed by atoms with van der Waals surface area (Å²) in [6, 6.07) is 0. The van der Waals surface area contributed by atoms with Gasteiger partial charge < -0.3 is 0 Å². The minimum Gasteiger partial charge on any atom is -0.299 e. The highest BCUT2D eigenvalue weighted by atomic mass is 16.1. The van der Waals surface area contributed by atoms with E-state index in [2.05, 4.69) is 39.2 Å². The second-order valence-electron chi connectivity index (χ2n) is 9.81. The van der Waals surface area contributed by atoms with Crippen LogP contribution in [0.15, 0.2) is 25.3 Å². The van der Waals surface area contributed by atoms with Crippen molar-refractivity contribution >= 4 is 5.78 Å². The van der Waals surface area contributed by atoms with Crippen molar-refractivity contribution in [1.29, 1.82) is 0 Å². The maximum absolute atomic E-state index is 12.5. The van der Waals surface area contributed by atoms with Gasteiger partial charge in [0.15, 0.2) is 0 Å². The quantitative estimate of drug-likeness (QED) is 0.585. The lowest BCUT2D eigenvalue weighted by Gasteiger charge is -2.61. The Hall–Kier alpha value is -0.850. The molecule has 0 amide bonds. The zero-order chi connectivity index (χ0) is 17.1. The fourth-order valence-electron chi connectivity index (χ4n) is 7.70. The summed E-state index contributed by atoms with van der Waals surface area (Å²) in [5.41, 5.74) is 0.467. The fourth-order valence-corrected chi connectivity index (χ4v) is 7.70. The normalized spacial score (nSPS) is 53.7. The van der Waals surface area contributed by atoms with Crippen molar-refractivity contribution in [3.8, 4) is 0 Å². The first-order chi connectivity index (χ1) is 11.4. The number of carbonyl (C=O) groups excluding carboxylic acids is 1. The lowest BCUT2D eigenvalue weighted by Crippen LogP contribution is -2.54. The average molecular weight is 327 g/mol. The van der Waals surface area contributed by atoms with Gasteiger partial charge in [-0.25, -0.2) is 0 Å². The van der Waals surface area contributed by atoms with Crippen molar-refractivity contribution in [2.45, 2.75) is 65.2 Å². The summed E-state index contributed by atoms with van der Waals surface area (Å²) in [5.74, 6) is 4.92. The van der Waals surface area contributed by atoms with Crippen molar-refractivity contribution < 1.29 is 4.79 Å². The van der Waals surface area contributed by atoms with Gasteiger partial charge in [0, 0.05) is 11.8 Å². The highest BCUT2D eigenvalue weighted by Crippen LogP contribution is 2.66. The third-order valence-corrected chi connectivity index (χ3v) is 9.16. The molecule has 8 atom stereocenters. The molecule has 4 rings (SSSR count). The van der Waals surface area contributed by atoms with Crippen molar-refractivity contribution in [2.75, 3.05) is 0 Å². The first-order valence-electron chi connectivity index (χ1n) is 10.2. The molecule has 0 bridgehead atoms. The Bertz CT molecular complexity index is 562. The number of Topliss-reactive ketones (excluding diaryl/α,β-unsaturated/α-hetero) is 1. The van der Waals surface area contributed by atoms with Crippen LogP contribution in [-0.4, -0.2) is 5.78 Å². The van der Waals surface area contributed by atoms with Crippen LogP contribution in [0, 0.1) is 46.3 Å². The first kappa shape index (κ1) is 16.6. The maximum atomic E-state index is 12.5. The summed E-state index contributed by atoms with van der Waals surface area (Å²) in [5, 5.41) is 0. The minimum absolute atomic E-state index is 0.0144. The number of allylic oxidation sites excluding steroid dienone is 2. The molecule has 0 aromatic carbocycles. The molecule has 4 aliphatic carbocycles. The van der Waals surface area contributed by atoms with Crippen LogP contribution in [0.3, 0.4) is 0 Å². The third kappa shape index (κ3) is 2.09. The molecule has 4 saturated carbocycles. The fraction of sp³-hybridized carbons (Fsp3) is 0.783. The van der Waals surface area contributed by atoms with Gasteiger partial charge in [0.25, 0.3) is 0 Å². The maximum Gasteiger partial charge on any atom is 0.139 e. The number of ketones is 1. The van der Waals surface area contributed by atoms with Gasteiger partial charge in [0.05, 0.1) is 0 Å². The predicted octanol–water partition coefficient (Wildman–Crippen LogP) is 5.81. The molecule has 0 aromatic heterocycles. The van der Waals surface area contributed by atoms with Crippen LogP contribution < -0.4 is 0 Å². The number of hydrogen-bond acceptors (Lipinski definition) is 1. The van der Waals surface area contributed by atoms with Crippen LogP contribution in [0.4, 0.5) is 0 Å². The zero-order valence-electron chi connectivity index (χ0n) is 15.6. The van der Waals surface area contributed by atoms with Crippen molar-refractivity contribution in [2.24, 2.45) is 46.3 Å². The van der Waals surface area contributed by atoms with Gasteiger partial charge in [-0.2, -0.15) is 0 Å². The monoisotopic (exact) mass is 326 g/mol. The van der Waals surface area contributed by atoms with Gasteiger partial charge in [-0.3, -0.25) is 4.79 Å². The summed E-state index contributed by atoms with van der Waals surface area (Å²) in [6.45, 7) is 13.1. The van der Waals surface area contributed by atoms with Gasteiger partial charge in [0.1, 0.15) is 5.78 Å². The zero-order valence-corrected chi connectivity index (χ0v) is 15.6. The summed E-state index contributed by atoms with van der Waals surface area (Å²) in [4.78, 5) is 12.5. The van der Waals surface area contributed by atoms with E-state index in [1.54, 1.807) is 0 Å².